The van der Waals surface area contributed by atoms with E-state index in [2.05, 4.69) is 0 Å². The highest BCUT2D eigenvalue weighted by atomic mass is 35.6. The van der Waals surface area contributed by atoms with Crippen LogP contribution >= 0.6 is 34.8 Å². The second kappa shape index (κ2) is 6.55. The first kappa shape index (κ1) is 16.5. The van der Waals surface area contributed by atoms with Gasteiger partial charge in [-0.05, 0) is 0 Å². The van der Waals surface area contributed by atoms with Gasteiger partial charge in [0.1, 0.15) is 0 Å². The summed E-state index contributed by atoms with van der Waals surface area (Å²) in [5.74, 6) is -2.76. The summed E-state index contributed by atoms with van der Waals surface area (Å²) in [4.78, 5) is 8.90. The molecule has 86 valence electrons. The van der Waals surface area contributed by atoms with Crippen LogP contribution in [0.3, 0.4) is 0 Å². The third kappa shape index (κ3) is 14.6. The van der Waals surface area contributed by atoms with E-state index in [0.717, 1.165) is 0 Å². The molecule has 2 N–H and O–H groups in total. The van der Waals surface area contributed by atoms with E-state index in [4.69, 9.17) is 49.8 Å². The van der Waals surface area contributed by atoms with Gasteiger partial charge in [-0.2, -0.15) is 13.2 Å². The smallest absolute Gasteiger partial charge is 0.475 e. The Bertz CT molecular complexity index is 177. The van der Waals surface area contributed by atoms with Crippen LogP contribution in [0.15, 0.2) is 0 Å². The van der Waals surface area contributed by atoms with E-state index in [1.54, 1.807) is 0 Å². The van der Waals surface area contributed by atoms with Crippen molar-refractivity contribution in [2.75, 3.05) is 6.61 Å². The summed E-state index contributed by atoms with van der Waals surface area (Å²) in [6, 6.07) is 0. The number of alkyl halides is 6. The molecule has 0 fully saturated rings. The Labute approximate surface area is 92.4 Å². The standard InChI is InChI=1S/C3H5Cl3O.C2HF3O2/c4-3(5,6)1-2-7;3-2(4,5)1(6)7/h7H,1-2H2;(H,6,7). The lowest BCUT2D eigenvalue weighted by molar-refractivity contribution is -0.192. The second-order valence-electron chi connectivity index (χ2n) is 1.89. The molecule has 0 saturated heterocycles. The van der Waals surface area contributed by atoms with Gasteiger partial charge in [-0.3, -0.25) is 0 Å². The van der Waals surface area contributed by atoms with Gasteiger partial charge in [0.05, 0.1) is 0 Å². The molecule has 0 aromatic rings. The Kier molecular flexibility index (Phi) is 7.73. The highest BCUT2D eigenvalue weighted by Gasteiger charge is 2.38. The Morgan fingerprint density at radius 2 is 1.50 bits per heavy atom. The highest BCUT2D eigenvalue weighted by molar-refractivity contribution is 6.67. The molecule has 3 nitrogen and oxygen atoms in total. The summed E-state index contributed by atoms with van der Waals surface area (Å²) in [6.45, 7) is -0.0868. The molecule has 0 heterocycles. The minimum absolute atomic E-state index is 0.0868. The Morgan fingerprint density at radius 3 is 1.50 bits per heavy atom. The summed E-state index contributed by atoms with van der Waals surface area (Å²) in [6.07, 6.45) is -4.89. The van der Waals surface area contributed by atoms with Gasteiger partial charge in [0.15, 0.2) is 3.79 Å². The van der Waals surface area contributed by atoms with E-state index in [-0.39, 0.29) is 13.0 Å². The number of aliphatic hydroxyl groups excluding tert-OH is 1. The van der Waals surface area contributed by atoms with Crippen molar-refractivity contribution in [3.63, 3.8) is 0 Å². The quantitative estimate of drug-likeness (QED) is 0.724. The molecule has 0 rings (SSSR count). The first-order valence-corrected chi connectivity index (χ1v) is 4.12. The number of carbonyl (C=O) groups is 1. The number of aliphatic hydroxyl groups is 1. The fourth-order valence-corrected chi connectivity index (χ4v) is 0.380. The average molecular weight is 277 g/mol. The van der Waals surface area contributed by atoms with Crippen molar-refractivity contribution in [1.82, 2.24) is 0 Å². The maximum absolute atomic E-state index is 10.6. The summed E-state index contributed by atoms with van der Waals surface area (Å²) in [5, 5.41) is 15.3. The molecule has 0 radical (unpaired) electrons. The van der Waals surface area contributed by atoms with Gasteiger partial charge in [-0.15, -0.1) is 0 Å². The number of hydrogen-bond acceptors (Lipinski definition) is 2. The third-order valence-corrected chi connectivity index (χ3v) is 1.20. The first-order chi connectivity index (χ1) is 6.00. The lowest BCUT2D eigenvalue weighted by atomic mass is 10.5. The van der Waals surface area contributed by atoms with Gasteiger partial charge in [0.25, 0.3) is 0 Å². The highest BCUT2D eigenvalue weighted by Crippen LogP contribution is 2.28. The van der Waals surface area contributed by atoms with Crippen molar-refractivity contribution in [3.05, 3.63) is 0 Å². The van der Waals surface area contributed by atoms with Crippen molar-refractivity contribution in [2.45, 2.75) is 16.4 Å². The molecule has 0 unspecified atom stereocenters. The largest absolute Gasteiger partial charge is 0.490 e. The van der Waals surface area contributed by atoms with E-state index in [0.29, 0.717) is 0 Å². The summed E-state index contributed by atoms with van der Waals surface area (Å²) in [7, 11) is 0. The average Bonchev–Trinajstić information content (AvgIpc) is 1.82. The predicted molar refractivity (Wildman–Crippen MR) is 45.7 cm³/mol. The lowest BCUT2D eigenvalue weighted by Gasteiger charge is -2.05. The maximum atomic E-state index is 10.6. The van der Waals surface area contributed by atoms with Crippen molar-refractivity contribution >= 4 is 40.8 Å². The van der Waals surface area contributed by atoms with Gasteiger partial charge >= 0.3 is 12.1 Å². The Balaban J connectivity index is 0. The molecule has 0 spiro atoms. The zero-order chi connectivity index (χ0) is 12.0. The van der Waals surface area contributed by atoms with Crippen LogP contribution in [-0.2, 0) is 4.79 Å². The number of carboxylic acid groups (broad SMARTS) is 1. The molecule has 0 aliphatic heterocycles. The van der Waals surface area contributed by atoms with Crippen LogP contribution < -0.4 is 0 Å². The number of carboxylic acids is 1. The minimum atomic E-state index is -5.08. The van der Waals surface area contributed by atoms with Crippen LogP contribution in [0.1, 0.15) is 6.42 Å². The molecule has 9 heteroatoms. The van der Waals surface area contributed by atoms with Crippen LogP contribution in [0, 0.1) is 0 Å². The van der Waals surface area contributed by atoms with Crippen molar-refractivity contribution in [3.8, 4) is 0 Å². The summed E-state index contributed by atoms with van der Waals surface area (Å²) in [5.41, 5.74) is 0. The molecule has 0 bridgehead atoms. The van der Waals surface area contributed by atoms with Crippen LogP contribution in [0.25, 0.3) is 0 Å². The third-order valence-electron chi connectivity index (χ3n) is 0.638. The van der Waals surface area contributed by atoms with E-state index in [9.17, 15) is 13.2 Å². The fraction of sp³-hybridized carbons (Fsp3) is 0.800. The van der Waals surface area contributed by atoms with Crippen molar-refractivity contribution < 1.29 is 28.2 Å². The van der Waals surface area contributed by atoms with E-state index < -0.39 is 15.9 Å². The Morgan fingerprint density at radius 1 is 1.21 bits per heavy atom. The van der Waals surface area contributed by atoms with E-state index in [1.165, 1.54) is 0 Å². The lowest BCUT2D eigenvalue weighted by Crippen LogP contribution is -2.21. The molecule has 0 amide bonds. The molecule has 14 heavy (non-hydrogen) atoms. The van der Waals surface area contributed by atoms with E-state index >= 15 is 0 Å². The first-order valence-electron chi connectivity index (χ1n) is 2.98. The monoisotopic (exact) mass is 276 g/mol. The Hall–Kier alpha value is 0.0900. The van der Waals surface area contributed by atoms with Crippen molar-refractivity contribution in [1.29, 1.82) is 0 Å². The summed E-state index contributed by atoms with van der Waals surface area (Å²) >= 11 is 15.6. The molecule has 0 saturated carbocycles. The molecule has 0 aromatic heterocycles. The SMILES string of the molecule is O=C(O)C(F)(F)F.OCCC(Cl)(Cl)Cl. The number of aliphatic carboxylic acids is 1. The normalized spacial score (nSPS) is 11.6. The van der Waals surface area contributed by atoms with Gasteiger partial charge in [0, 0.05) is 13.0 Å². The molecular formula is C5H6Cl3F3O3. The van der Waals surface area contributed by atoms with Crippen LogP contribution in [-0.4, -0.2) is 32.8 Å². The molecular weight excluding hydrogens is 271 g/mol. The molecule has 0 aromatic carbocycles. The zero-order valence-corrected chi connectivity index (χ0v) is 8.75. The topological polar surface area (TPSA) is 57.5 Å². The number of halogens is 6. The van der Waals surface area contributed by atoms with Crippen molar-refractivity contribution in [2.24, 2.45) is 0 Å². The van der Waals surface area contributed by atoms with Gasteiger partial charge < -0.3 is 10.2 Å². The van der Waals surface area contributed by atoms with Gasteiger partial charge in [0.2, 0.25) is 0 Å². The predicted octanol–water partition coefficient (Wildman–Crippen LogP) is 2.37. The van der Waals surface area contributed by atoms with Gasteiger partial charge in [-0.25, -0.2) is 4.79 Å². The van der Waals surface area contributed by atoms with Crippen LogP contribution in [0.2, 0.25) is 0 Å². The van der Waals surface area contributed by atoms with Gasteiger partial charge in [-0.1, -0.05) is 34.8 Å². The summed E-state index contributed by atoms with van der Waals surface area (Å²) < 4.78 is 30.5. The zero-order valence-electron chi connectivity index (χ0n) is 6.48. The maximum Gasteiger partial charge on any atom is 0.490 e. The molecule has 0 aliphatic rings. The van der Waals surface area contributed by atoms with E-state index in [1.807, 2.05) is 0 Å². The second-order valence-corrected chi connectivity index (χ2v) is 4.41. The molecule has 0 aliphatic carbocycles. The van der Waals surface area contributed by atoms with Crippen LogP contribution in [0.5, 0.6) is 0 Å². The fourth-order valence-electron chi connectivity index (χ4n) is 0.127. The van der Waals surface area contributed by atoms with Crippen LogP contribution in [0.4, 0.5) is 13.2 Å². The number of hydrogen-bond donors (Lipinski definition) is 2. The number of rotatable bonds is 1. The molecule has 0 atom stereocenters. The minimum Gasteiger partial charge on any atom is -0.475 e.